The van der Waals surface area contributed by atoms with Gasteiger partial charge in [0.05, 0.1) is 0 Å². The van der Waals surface area contributed by atoms with Crippen LogP contribution in [0.2, 0.25) is 0 Å². The fourth-order valence-electron chi connectivity index (χ4n) is 1.29. The predicted molar refractivity (Wildman–Crippen MR) is 65.1 cm³/mol. The Hall–Kier alpha value is -1.10. The number of hydrogen-bond donors (Lipinski definition) is 2. The maximum Gasteiger partial charge on any atom is 0.350 e. The van der Waals surface area contributed by atoms with Crippen molar-refractivity contribution in [1.29, 1.82) is 0 Å². The maximum absolute atomic E-state index is 12.8. The summed E-state index contributed by atoms with van der Waals surface area (Å²) in [4.78, 5) is 21.5. The smallest absolute Gasteiger partial charge is 0.323 e. The number of hydrogen-bond acceptors (Lipinski definition) is 2. The number of rotatable bonds is 5. The predicted octanol–water partition coefficient (Wildman–Crippen LogP) is 2.65. The molecule has 0 aliphatic rings. The molecule has 0 fully saturated rings. The Labute approximate surface area is 104 Å². The van der Waals surface area contributed by atoms with Gasteiger partial charge in [-0.15, -0.1) is 0 Å². The lowest BCUT2D eigenvalue weighted by atomic mass is 10.2. The minimum atomic E-state index is -4.69. The van der Waals surface area contributed by atoms with Gasteiger partial charge >= 0.3 is 7.60 Å². The molecule has 0 radical (unpaired) electrons. The standard InChI is InChI=1S/C11H14F2NO3P/c1-11(12,13)7-10(18(15,16)17)14-8-9-5-3-2-4-6-9/h2-6,8,10H,7H2,1H3,(H2,15,16,17). The van der Waals surface area contributed by atoms with E-state index in [1.807, 2.05) is 0 Å². The molecular weight excluding hydrogens is 263 g/mol. The average Bonchev–Trinajstić information content (AvgIpc) is 2.22. The summed E-state index contributed by atoms with van der Waals surface area (Å²) in [6.45, 7) is 0.605. The SMILES string of the molecule is CC(F)(F)CC(N=Cc1ccccc1)P(=O)(O)O. The molecular formula is C11H14F2NO3P. The third-order valence-electron chi connectivity index (χ3n) is 2.12. The van der Waals surface area contributed by atoms with E-state index >= 15 is 0 Å². The van der Waals surface area contributed by atoms with Crippen LogP contribution in [0, 0.1) is 0 Å². The zero-order valence-electron chi connectivity index (χ0n) is 9.70. The van der Waals surface area contributed by atoms with Gasteiger partial charge in [-0.3, -0.25) is 9.56 Å². The molecule has 4 nitrogen and oxygen atoms in total. The van der Waals surface area contributed by atoms with E-state index in [2.05, 4.69) is 4.99 Å². The van der Waals surface area contributed by atoms with Crippen molar-refractivity contribution in [3.05, 3.63) is 35.9 Å². The van der Waals surface area contributed by atoms with Gasteiger partial charge in [0, 0.05) is 12.6 Å². The van der Waals surface area contributed by atoms with Gasteiger partial charge in [-0.05, 0) is 12.5 Å². The number of aliphatic imine (C=N–C) groups is 1. The molecule has 0 aromatic heterocycles. The second kappa shape index (κ2) is 5.69. The third-order valence-corrected chi connectivity index (χ3v) is 3.22. The molecule has 0 saturated heterocycles. The van der Waals surface area contributed by atoms with Crippen LogP contribution in [-0.2, 0) is 4.57 Å². The van der Waals surface area contributed by atoms with Crippen molar-refractivity contribution in [1.82, 2.24) is 0 Å². The Balaban J connectivity index is 2.86. The van der Waals surface area contributed by atoms with E-state index in [0.29, 0.717) is 12.5 Å². The normalized spacial score (nSPS) is 14.9. The Kier molecular flexibility index (Phi) is 4.73. The summed E-state index contributed by atoms with van der Waals surface area (Å²) in [6.07, 6.45) is 0.204. The molecule has 0 heterocycles. The summed E-state index contributed by atoms with van der Waals surface area (Å²) >= 11 is 0. The van der Waals surface area contributed by atoms with Crippen molar-refractivity contribution in [2.75, 3.05) is 0 Å². The van der Waals surface area contributed by atoms with Crippen molar-refractivity contribution < 1.29 is 23.1 Å². The molecule has 0 saturated carbocycles. The second-order valence-corrected chi connectivity index (χ2v) is 5.81. The van der Waals surface area contributed by atoms with E-state index in [1.165, 1.54) is 6.21 Å². The molecule has 0 aliphatic heterocycles. The fraction of sp³-hybridized carbons (Fsp3) is 0.364. The number of halogens is 2. The summed E-state index contributed by atoms with van der Waals surface area (Å²) < 4.78 is 36.7. The van der Waals surface area contributed by atoms with Gasteiger partial charge < -0.3 is 9.79 Å². The van der Waals surface area contributed by atoms with Gasteiger partial charge in [-0.2, -0.15) is 0 Å². The van der Waals surface area contributed by atoms with Crippen LogP contribution in [0.3, 0.4) is 0 Å². The Morgan fingerprint density at radius 2 is 1.94 bits per heavy atom. The summed E-state index contributed by atoms with van der Waals surface area (Å²) in [5.41, 5.74) is 0.593. The highest BCUT2D eigenvalue weighted by atomic mass is 31.2. The van der Waals surface area contributed by atoms with Crippen molar-refractivity contribution in [2.24, 2.45) is 4.99 Å². The Morgan fingerprint density at radius 1 is 1.39 bits per heavy atom. The molecule has 0 spiro atoms. The van der Waals surface area contributed by atoms with E-state index in [0.717, 1.165) is 0 Å². The summed E-state index contributed by atoms with van der Waals surface area (Å²) in [5, 5.41) is 0. The fourth-order valence-corrected chi connectivity index (χ4v) is 2.09. The molecule has 100 valence electrons. The topological polar surface area (TPSA) is 69.9 Å². The number of benzene rings is 1. The molecule has 1 rings (SSSR count). The van der Waals surface area contributed by atoms with Gasteiger partial charge in [0.25, 0.3) is 0 Å². The zero-order valence-corrected chi connectivity index (χ0v) is 10.6. The number of nitrogens with zero attached hydrogens (tertiary/aromatic N) is 1. The Morgan fingerprint density at radius 3 is 2.39 bits per heavy atom. The lowest BCUT2D eigenvalue weighted by molar-refractivity contribution is 0.0108. The van der Waals surface area contributed by atoms with E-state index in [-0.39, 0.29) is 0 Å². The molecule has 0 bridgehead atoms. The van der Waals surface area contributed by atoms with E-state index < -0.39 is 25.7 Å². The van der Waals surface area contributed by atoms with Crippen molar-refractivity contribution in [2.45, 2.75) is 25.1 Å². The summed E-state index contributed by atoms with van der Waals surface area (Å²) in [7, 11) is -4.69. The molecule has 1 atom stereocenters. The lowest BCUT2D eigenvalue weighted by Gasteiger charge is -2.18. The Bertz CT molecular complexity index is 453. The first-order valence-corrected chi connectivity index (χ1v) is 6.88. The van der Waals surface area contributed by atoms with Crippen molar-refractivity contribution in [3.63, 3.8) is 0 Å². The van der Waals surface area contributed by atoms with E-state index in [4.69, 9.17) is 9.79 Å². The minimum absolute atomic E-state index is 0.593. The molecule has 0 aliphatic carbocycles. The zero-order chi connectivity index (χ0) is 13.8. The first-order chi connectivity index (χ1) is 8.18. The van der Waals surface area contributed by atoms with Crippen LogP contribution >= 0.6 is 7.60 Å². The van der Waals surface area contributed by atoms with E-state index in [9.17, 15) is 13.3 Å². The highest BCUT2D eigenvalue weighted by Crippen LogP contribution is 2.46. The van der Waals surface area contributed by atoms with Crippen LogP contribution in [0.1, 0.15) is 18.9 Å². The first-order valence-electron chi connectivity index (χ1n) is 5.20. The largest absolute Gasteiger partial charge is 0.350 e. The summed E-state index contributed by atoms with van der Waals surface area (Å²) in [5.74, 6) is -4.91. The molecule has 2 N–H and O–H groups in total. The number of alkyl halides is 2. The summed E-state index contributed by atoms with van der Waals surface area (Å²) in [6, 6.07) is 8.50. The minimum Gasteiger partial charge on any atom is -0.323 e. The second-order valence-electron chi connectivity index (χ2n) is 4.03. The van der Waals surface area contributed by atoms with Crippen LogP contribution < -0.4 is 0 Å². The van der Waals surface area contributed by atoms with E-state index in [1.54, 1.807) is 30.3 Å². The first kappa shape index (κ1) is 15.0. The van der Waals surface area contributed by atoms with Crippen LogP contribution in [-0.4, -0.2) is 27.7 Å². The molecule has 7 heteroatoms. The molecule has 1 aromatic rings. The third kappa shape index (κ3) is 5.49. The molecule has 1 aromatic carbocycles. The van der Waals surface area contributed by atoms with Crippen LogP contribution in [0.5, 0.6) is 0 Å². The van der Waals surface area contributed by atoms with Gasteiger partial charge in [0.2, 0.25) is 5.92 Å². The highest BCUT2D eigenvalue weighted by molar-refractivity contribution is 7.52. The molecule has 1 unspecified atom stereocenters. The van der Waals surface area contributed by atoms with Gasteiger partial charge in [0.1, 0.15) is 0 Å². The van der Waals surface area contributed by atoms with Gasteiger partial charge in [0.15, 0.2) is 5.78 Å². The van der Waals surface area contributed by atoms with Gasteiger partial charge in [-0.1, -0.05) is 30.3 Å². The van der Waals surface area contributed by atoms with Crippen LogP contribution in [0.15, 0.2) is 35.3 Å². The quantitative estimate of drug-likeness (QED) is 0.642. The van der Waals surface area contributed by atoms with Crippen molar-refractivity contribution >= 4 is 13.8 Å². The monoisotopic (exact) mass is 277 g/mol. The highest BCUT2D eigenvalue weighted by Gasteiger charge is 2.36. The van der Waals surface area contributed by atoms with Crippen molar-refractivity contribution in [3.8, 4) is 0 Å². The average molecular weight is 277 g/mol. The lowest BCUT2D eigenvalue weighted by Crippen LogP contribution is -2.19. The van der Waals surface area contributed by atoms with Gasteiger partial charge in [-0.25, -0.2) is 8.78 Å². The van der Waals surface area contributed by atoms with Crippen LogP contribution in [0.4, 0.5) is 8.78 Å². The molecule has 0 amide bonds. The molecule has 18 heavy (non-hydrogen) atoms. The van der Waals surface area contributed by atoms with Crippen LogP contribution in [0.25, 0.3) is 0 Å². The maximum atomic E-state index is 12.8.